The summed E-state index contributed by atoms with van der Waals surface area (Å²) in [6.07, 6.45) is 0. The molecule has 0 aliphatic heterocycles. The van der Waals surface area contributed by atoms with E-state index in [1.807, 2.05) is 0 Å². The van der Waals surface area contributed by atoms with Crippen LogP contribution >= 0.6 is 0 Å². The van der Waals surface area contributed by atoms with E-state index in [9.17, 15) is 19.2 Å². The number of carbonyl (C=O) groups excluding carboxylic acids is 4. The summed E-state index contributed by atoms with van der Waals surface area (Å²) < 4.78 is 0. The molecule has 0 aromatic heterocycles. The summed E-state index contributed by atoms with van der Waals surface area (Å²) in [5.74, 6) is -3.59. The molecule has 0 atom stereocenters. The summed E-state index contributed by atoms with van der Waals surface area (Å²) in [6.45, 7) is 2.16. The van der Waals surface area contributed by atoms with Crippen LogP contribution in [-0.2, 0) is 19.2 Å². The standard InChI is InChI=1S/C6H8N2O4/c1-3(9)7-5(11)6(12)8-4(2)10/h1-2H3,(H,7,9,11)(H,8,10,12). The van der Waals surface area contributed by atoms with Crippen molar-refractivity contribution in [2.45, 2.75) is 13.8 Å². The van der Waals surface area contributed by atoms with E-state index in [1.165, 1.54) is 0 Å². The van der Waals surface area contributed by atoms with Gasteiger partial charge in [-0.25, -0.2) is 0 Å². The highest BCUT2D eigenvalue weighted by atomic mass is 16.2. The Morgan fingerprint density at radius 2 is 1.00 bits per heavy atom. The lowest BCUT2D eigenvalue weighted by molar-refractivity contribution is -0.143. The van der Waals surface area contributed by atoms with Gasteiger partial charge >= 0.3 is 11.8 Å². The lowest BCUT2D eigenvalue weighted by Crippen LogP contribution is -2.43. The van der Waals surface area contributed by atoms with Crippen LogP contribution in [0.15, 0.2) is 0 Å². The van der Waals surface area contributed by atoms with Gasteiger partial charge in [-0.15, -0.1) is 0 Å². The van der Waals surface area contributed by atoms with E-state index in [1.54, 1.807) is 10.6 Å². The minimum absolute atomic E-state index is 0.654. The van der Waals surface area contributed by atoms with Crippen molar-refractivity contribution in [1.82, 2.24) is 10.6 Å². The van der Waals surface area contributed by atoms with Crippen molar-refractivity contribution >= 4 is 23.6 Å². The Labute approximate surface area is 68.3 Å². The third kappa shape index (κ3) is 4.15. The molecule has 0 saturated carbocycles. The van der Waals surface area contributed by atoms with E-state index < -0.39 is 23.6 Å². The Hall–Kier alpha value is -1.72. The zero-order valence-corrected chi connectivity index (χ0v) is 6.63. The zero-order chi connectivity index (χ0) is 9.72. The van der Waals surface area contributed by atoms with Crippen molar-refractivity contribution in [3.63, 3.8) is 0 Å². The molecule has 0 unspecified atom stereocenters. The molecule has 0 rings (SSSR count). The van der Waals surface area contributed by atoms with Gasteiger partial charge in [-0.05, 0) is 0 Å². The largest absolute Gasteiger partial charge is 0.316 e. The van der Waals surface area contributed by atoms with Crippen LogP contribution in [0, 0.1) is 0 Å². The lowest BCUT2D eigenvalue weighted by Gasteiger charge is -1.98. The fraction of sp³-hybridized carbons (Fsp3) is 0.333. The quantitative estimate of drug-likeness (QED) is 0.426. The van der Waals surface area contributed by atoms with Crippen molar-refractivity contribution in [3.05, 3.63) is 0 Å². The molecule has 0 spiro atoms. The van der Waals surface area contributed by atoms with Crippen LogP contribution in [0.5, 0.6) is 0 Å². The molecule has 0 aliphatic carbocycles. The molecule has 2 N–H and O–H groups in total. The maximum Gasteiger partial charge on any atom is 0.316 e. The molecule has 0 heterocycles. The Balaban J connectivity index is 4.03. The van der Waals surface area contributed by atoms with Gasteiger partial charge < -0.3 is 0 Å². The molecule has 4 amide bonds. The molecule has 6 nitrogen and oxygen atoms in total. The summed E-state index contributed by atoms with van der Waals surface area (Å²) in [6, 6.07) is 0. The average Bonchev–Trinajstić information content (AvgIpc) is 1.84. The molecule has 0 bridgehead atoms. The van der Waals surface area contributed by atoms with Gasteiger partial charge in [0.05, 0.1) is 0 Å². The van der Waals surface area contributed by atoms with Gasteiger partial charge in [0.15, 0.2) is 0 Å². The van der Waals surface area contributed by atoms with Crippen molar-refractivity contribution in [1.29, 1.82) is 0 Å². The second kappa shape index (κ2) is 4.22. The fourth-order valence-corrected chi connectivity index (χ4v) is 0.433. The number of amides is 4. The van der Waals surface area contributed by atoms with Gasteiger partial charge in [0, 0.05) is 13.8 Å². The molecule has 0 aromatic rings. The van der Waals surface area contributed by atoms with Crippen molar-refractivity contribution in [3.8, 4) is 0 Å². The van der Waals surface area contributed by atoms with Crippen LogP contribution in [0.25, 0.3) is 0 Å². The summed E-state index contributed by atoms with van der Waals surface area (Å²) in [5, 5.41) is 3.41. The van der Waals surface area contributed by atoms with Crippen LogP contribution in [0.2, 0.25) is 0 Å². The zero-order valence-electron chi connectivity index (χ0n) is 6.63. The van der Waals surface area contributed by atoms with Crippen LogP contribution in [0.3, 0.4) is 0 Å². The van der Waals surface area contributed by atoms with Crippen molar-refractivity contribution in [2.24, 2.45) is 0 Å². The molecular weight excluding hydrogens is 164 g/mol. The van der Waals surface area contributed by atoms with E-state index in [0.717, 1.165) is 13.8 Å². The maximum atomic E-state index is 10.6. The predicted molar refractivity (Wildman–Crippen MR) is 37.6 cm³/mol. The minimum Gasteiger partial charge on any atom is -0.288 e. The summed E-state index contributed by atoms with van der Waals surface area (Å²) in [5.41, 5.74) is 0. The molecule has 0 aromatic carbocycles. The number of carbonyl (C=O) groups is 4. The third-order valence-electron chi connectivity index (χ3n) is 0.785. The van der Waals surface area contributed by atoms with Crippen molar-refractivity contribution < 1.29 is 19.2 Å². The fourth-order valence-electron chi connectivity index (χ4n) is 0.433. The highest BCUT2D eigenvalue weighted by Crippen LogP contribution is 1.69. The van der Waals surface area contributed by atoms with Crippen molar-refractivity contribution in [2.75, 3.05) is 0 Å². The van der Waals surface area contributed by atoms with Crippen LogP contribution in [0.1, 0.15) is 13.8 Å². The number of imide groups is 2. The van der Waals surface area contributed by atoms with Crippen LogP contribution in [0.4, 0.5) is 0 Å². The topological polar surface area (TPSA) is 92.3 Å². The molecule has 66 valence electrons. The lowest BCUT2D eigenvalue weighted by atomic mass is 10.5. The van der Waals surface area contributed by atoms with Crippen LogP contribution in [-0.4, -0.2) is 23.6 Å². The van der Waals surface area contributed by atoms with Gasteiger partial charge in [-0.3, -0.25) is 29.8 Å². The van der Waals surface area contributed by atoms with Gasteiger partial charge in [-0.2, -0.15) is 0 Å². The second-order valence-corrected chi connectivity index (χ2v) is 2.02. The first-order valence-corrected chi connectivity index (χ1v) is 3.07. The Bertz CT molecular complexity index is 220. The smallest absolute Gasteiger partial charge is 0.288 e. The molecule has 6 heteroatoms. The number of hydrogen-bond acceptors (Lipinski definition) is 4. The third-order valence-corrected chi connectivity index (χ3v) is 0.785. The monoisotopic (exact) mass is 172 g/mol. The first-order valence-electron chi connectivity index (χ1n) is 3.07. The summed E-state index contributed by atoms with van der Waals surface area (Å²) in [4.78, 5) is 41.7. The van der Waals surface area contributed by atoms with Gasteiger partial charge in [0.25, 0.3) is 0 Å². The summed E-state index contributed by atoms with van der Waals surface area (Å²) in [7, 11) is 0. The van der Waals surface area contributed by atoms with Crippen LogP contribution < -0.4 is 10.6 Å². The predicted octanol–water partition coefficient (Wildman–Crippen LogP) is -1.69. The Morgan fingerprint density at radius 1 is 0.750 bits per heavy atom. The summed E-state index contributed by atoms with van der Waals surface area (Å²) >= 11 is 0. The number of rotatable bonds is 0. The highest BCUT2D eigenvalue weighted by molar-refractivity contribution is 6.39. The molecule has 0 aliphatic rings. The first-order chi connectivity index (χ1) is 5.43. The maximum absolute atomic E-state index is 10.6. The SMILES string of the molecule is CC(=O)NC(=O)C(=O)NC(C)=O. The van der Waals surface area contributed by atoms with Gasteiger partial charge in [-0.1, -0.05) is 0 Å². The highest BCUT2D eigenvalue weighted by Gasteiger charge is 2.15. The normalized spacial score (nSPS) is 8.50. The molecule has 12 heavy (non-hydrogen) atoms. The van der Waals surface area contributed by atoms with E-state index in [2.05, 4.69) is 0 Å². The Kier molecular flexibility index (Phi) is 3.61. The van der Waals surface area contributed by atoms with Gasteiger partial charge in [0.2, 0.25) is 11.8 Å². The number of nitrogens with one attached hydrogen (secondary N) is 2. The minimum atomic E-state index is -1.14. The molecular formula is C6H8N2O4. The molecule has 0 saturated heterocycles. The molecule has 0 radical (unpaired) electrons. The second-order valence-electron chi connectivity index (χ2n) is 2.02. The van der Waals surface area contributed by atoms with Gasteiger partial charge in [0.1, 0.15) is 0 Å². The van der Waals surface area contributed by atoms with E-state index in [0.29, 0.717) is 0 Å². The Morgan fingerprint density at radius 3 is 1.17 bits per heavy atom. The molecule has 0 fully saturated rings. The van der Waals surface area contributed by atoms with E-state index in [4.69, 9.17) is 0 Å². The number of hydrogen-bond donors (Lipinski definition) is 2. The van der Waals surface area contributed by atoms with E-state index in [-0.39, 0.29) is 0 Å². The van der Waals surface area contributed by atoms with E-state index >= 15 is 0 Å². The first kappa shape index (κ1) is 10.3. The average molecular weight is 172 g/mol.